The molecular formula is C18H19N5OS2. The van der Waals surface area contributed by atoms with Crippen molar-refractivity contribution in [3.05, 3.63) is 35.4 Å². The lowest BCUT2D eigenvalue weighted by molar-refractivity contribution is -0.114. The van der Waals surface area contributed by atoms with E-state index >= 15 is 0 Å². The van der Waals surface area contributed by atoms with E-state index in [1.807, 2.05) is 30.5 Å². The molecule has 0 spiro atoms. The molecule has 0 aromatic heterocycles. The minimum Gasteiger partial charge on any atom is -0.349 e. The predicted octanol–water partition coefficient (Wildman–Crippen LogP) is 3.47. The van der Waals surface area contributed by atoms with Gasteiger partial charge in [0, 0.05) is 18.0 Å². The van der Waals surface area contributed by atoms with E-state index in [0.717, 1.165) is 41.6 Å². The molecule has 0 atom stereocenters. The van der Waals surface area contributed by atoms with Gasteiger partial charge in [-0.2, -0.15) is 10.0 Å². The molecule has 1 aromatic carbocycles. The Morgan fingerprint density at radius 2 is 1.88 bits per heavy atom. The van der Waals surface area contributed by atoms with Gasteiger partial charge in [0.2, 0.25) is 5.17 Å². The summed E-state index contributed by atoms with van der Waals surface area (Å²) >= 11 is 3.05. The Kier molecular flexibility index (Phi) is 4.86. The van der Waals surface area contributed by atoms with Gasteiger partial charge in [0.1, 0.15) is 0 Å². The van der Waals surface area contributed by atoms with E-state index < -0.39 is 0 Å². The number of fused-ring (bicyclic) bond motifs is 1. The number of amides is 1. The molecule has 3 heterocycles. The molecule has 0 aliphatic carbocycles. The van der Waals surface area contributed by atoms with Gasteiger partial charge in [-0.15, -0.1) is 16.9 Å². The summed E-state index contributed by atoms with van der Waals surface area (Å²) in [6, 6.07) is 7.89. The first-order valence-electron chi connectivity index (χ1n) is 8.55. The fourth-order valence-electron chi connectivity index (χ4n) is 3.06. The average molecular weight is 386 g/mol. The number of nitrogens with zero attached hydrogens (tertiary/aromatic N) is 4. The molecule has 1 aromatic rings. The van der Waals surface area contributed by atoms with Crippen LogP contribution in [0.5, 0.6) is 0 Å². The van der Waals surface area contributed by atoms with Crippen LogP contribution < -0.4 is 0 Å². The number of hydrogen-bond donors (Lipinski definition) is 1. The number of thioether (sulfide) groups is 2. The summed E-state index contributed by atoms with van der Waals surface area (Å²) in [6.45, 7) is 1.94. The molecule has 0 bridgehead atoms. The number of nitrogens with one attached hydrogen (secondary N) is 1. The lowest BCUT2D eigenvalue weighted by Gasteiger charge is -2.26. The Labute approximate surface area is 160 Å². The lowest BCUT2D eigenvalue weighted by atomic mass is 10.1. The van der Waals surface area contributed by atoms with Crippen LogP contribution in [0.25, 0.3) is 6.08 Å². The zero-order valence-electron chi connectivity index (χ0n) is 14.4. The predicted molar refractivity (Wildman–Crippen MR) is 109 cm³/mol. The van der Waals surface area contributed by atoms with E-state index in [-0.39, 0.29) is 17.3 Å². The van der Waals surface area contributed by atoms with Crippen molar-refractivity contribution in [3.8, 4) is 0 Å². The van der Waals surface area contributed by atoms with E-state index in [1.165, 1.54) is 23.2 Å². The number of likely N-dealkylation sites (tertiary alicyclic amines) is 1. The molecule has 26 heavy (non-hydrogen) atoms. The Morgan fingerprint density at radius 1 is 1.15 bits per heavy atom. The summed E-state index contributed by atoms with van der Waals surface area (Å²) in [7, 11) is 0. The molecule has 0 radical (unpaired) electrons. The van der Waals surface area contributed by atoms with Gasteiger partial charge in [-0.3, -0.25) is 10.2 Å². The third-order valence-corrected chi connectivity index (χ3v) is 6.21. The van der Waals surface area contributed by atoms with Gasteiger partial charge < -0.3 is 4.90 Å². The molecule has 1 amide bonds. The average Bonchev–Trinajstić information content (AvgIpc) is 3.10. The normalized spacial score (nSPS) is 21.8. The van der Waals surface area contributed by atoms with Gasteiger partial charge in [-0.05, 0) is 61.1 Å². The van der Waals surface area contributed by atoms with Gasteiger partial charge in [0.05, 0.1) is 5.57 Å². The SMILES string of the molecule is CSc1ccc(/C=C2\C(=N)N3N=C(N4CCCCC4)SC3=NC2=O)cc1. The number of benzene rings is 1. The topological polar surface area (TPSA) is 72.1 Å². The molecule has 134 valence electrons. The largest absolute Gasteiger partial charge is 0.349 e. The molecule has 1 saturated heterocycles. The molecular weight excluding hydrogens is 366 g/mol. The van der Waals surface area contributed by atoms with Crippen molar-refractivity contribution in [3.63, 3.8) is 0 Å². The number of hydrazone groups is 1. The number of amidine groups is 3. The van der Waals surface area contributed by atoms with Crippen LogP contribution in [0.15, 0.2) is 44.8 Å². The fraction of sp³-hybridized carbons (Fsp3) is 0.333. The van der Waals surface area contributed by atoms with Crippen molar-refractivity contribution < 1.29 is 4.79 Å². The number of aliphatic imine (C=N–C) groups is 1. The summed E-state index contributed by atoms with van der Waals surface area (Å²) in [5.41, 5.74) is 1.15. The minimum atomic E-state index is -0.377. The van der Waals surface area contributed by atoms with Crippen LogP contribution in [-0.2, 0) is 4.79 Å². The summed E-state index contributed by atoms with van der Waals surface area (Å²) in [4.78, 5) is 20.0. The second kappa shape index (κ2) is 7.28. The van der Waals surface area contributed by atoms with E-state index in [9.17, 15) is 4.79 Å². The van der Waals surface area contributed by atoms with Gasteiger partial charge in [0.15, 0.2) is 11.0 Å². The molecule has 6 nitrogen and oxygen atoms in total. The number of hydrogen-bond acceptors (Lipinski definition) is 6. The van der Waals surface area contributed by atoms with Crippen LogP contribution >= 0.6 is 23.5 Å². The summed E-state index contributed by atoms with van der Waals surface area (Å²) in [5, 5.41) is 15.8. The molecule has 4 rings (SSSR count). The van der Waals surface area contributed by atoms with Gasteiger partial charge >= 0.3 is 0 Å². The third-order valence-electron chi connectivity index (χ3n) is 4.50. The molecule has 8 heteroatoms. The van der Waals surface area contributed by atoms with Crippen LogP contribution in [0.3, 0.4) is 0 Å². The smallest absolute Gasteiger partial charge is 0.283 e. The molecule has 1 N–H and O–H groups in total. The minimum absolute atomic E-state index is 0.0912. The second-order valence-corrected chi connectivity index (χ2v) is 8.04. The van der Waals surface area contributed by atoms with Crippen LogP contribution in [0.2, 0.25) is 0 Å². The monoisotopic (exact) mass is 385 g/mol. The summed E-state index contributed by atoms with van der Waals surface area (Å²) in [5.74, 6) is -0.286. The maximum absolute atomic E-state index is 12.5. The fourth-order valence-corrected chi connectivity index (χ4v) is 4.41. The van der Waals surface area contributed by atoms with Crippen molar-refractivity contribution in [2.75, 3.05) is 19.3 Å². The number of carbonyl (C=O) groups is 1. The van der Waals surface area contributed by atoms with Gasteiger partial charge in [-0.25, -0.2) is 0 Å². The van der Waals surface area contributed by atoms with E-state index in [4.69, 9.17) is 5.41 Å². The summed E-state index contributed by atoms with van der Waals surface area (Å²) in [6.07, 6.45) is 7.29. The maximum Gasteiger partial charge on any atom is 0.283 e. The Bertz CT molecular complexity index is 838. The highest BCUT2D eigenvalue weighted by molar-refractivity contribution is 8.26. The van der Waals surface area contributed by atoms with E-state index in [2.05, 4.69) is 15.0 Å². The van der Waals surface area contributed by atoms with Crippen LogP contribution in [0.1, 0.15) is 24.8 Å². The van der Waals surface area contributed by atoms with Gasteiger partial charge in [-0.1, -0.05) is 12.1 Å². The highest BCUT2D eigenvalue weighted by Gasteiger charge is 2.37. The number of carbonyl (C=O) groups excluding carboxylic acids is 1. The molecule has 1 fully saturated rings. The first-order valence-corrected chi connectivity index (χ1v) is 10.6. The van der Waals surface area contributed by atoms with Crippen LogP contribution in [0.4, 0.5) is 0 Å². The van der Waals surface area contributed by atoms with Crippen molar-refractivity contribution in [1.82, 2.24) is 9.91 Å². The standard InChI is InChI=1S/C18H19N5OS2/c1-25-13-7-5-12(6-8-13)11-14-15(19)23-17(20-16(14)24)26-18(21-23)22-9-3-2-4-10-22/h5-8,11,19H,2-4,9-10H2,1H3/b14-11+,19-15?. The van der Waals surface area contributed by atoms with Crippen LogP contribution in [-0.4, -0.2) is 51.3 Å². The highest BCUT2D eigenvalue weighted by atomic mass is 32.2. The second-order valence-electron chi connectivity index (χ2n) is 6.22. The lowest BCUT2D eigenvalue weighted by Crippen LogP contribution is -2.35. The van der Waals surface area contributed by atoms with Crippen molar-refractivity contribution >= 4 is 51.7 Å². The Morgan fingerprint density at radius 3 is 2.58 bits per heavy atom. The third kappa shape index (κ3) is 3.31. The molecule has 3 aliphatic heterocycles. The van der Waals surface area contributed by atoms with Crippen molar-refractivity contribution in [1.29, 1.82) is 5.41 Å². The van der Waals surface area contributed by atoms with Crippen LogP contribution in [0, 0.1) is 5.41 Å². The summed E-state index contributed by atoms with van der Waals surface area (Å²) < 4.78 is 0. The molecule has 0 saturated carbocycles. The number of piperidine rings is 1. The maximum atomic E-state index is 12.5. The van der Waals surface area contributed by atoms with E-state index in [1.54, 1.807) is 17.8 Å². The first kappa shape index (κ1) is 17.4. The van der Waals surface area contributed by atoms with Crippen molar-refractivity contribution in [2.24, 2.45) is 10.1 Å². The first-order chi connectivity index (χ1) is 12.7. The number of rotatable bonds is 2. The quantitative estimate of drug-likeness (QED) is 0.623. The Hall–Kier alpha value is -2.06. The zero-order chi connectivity index (χ0) is 18.1. The Balaban J connectivity index is 1.60. The van der Waals surface area contributed by atoms with Crippen molar-refractivity contribution in [2.45, 2.75) is 24.2 Å². The molecule has 3 aliphatic rings. The van der Waals surface area contributed by atoms with E-state index in [0.29, 0.717) is 5.17 Å². The van der Waals surface area contributed by atoms with Gasteiger partial charge in [0.25, 0.3) is 5.91 Å². The zero-order valence-corrected chi connectivity index (χ0v) is 16.1. The highest BCUT2D eigenvalue weighted by Crippen LogP contribution is 2.30. The molecule has 0 unspecified atom stereocenters.